The van der Waals surface area contributed by atoms with Crippen molar-refractivity contribution in [2.75, 3.05) is 13.1 Å². The predicted octanol–water partition coefficient (Wildman–Crippen LogP) is 2.24. The number of benzene rings is 2. The molecule has 0 aliphatic heterocycles. The summed E-state index contributed by atoms with van der Waals surface area (Å²) in [5, 5.41) is 5.29. The van der Waals surface area contributed by atoms with Gasteiger partial charge in [0.2, 0.25) is 0 Å². The molecule has 0 aliphatic rings. The number of fused-ring (bicyclic) bond motifs is 1. The maximum atomic E-state index is 13.5. The predicted molar refractivity (Wildman–Crippen MR) is 95.3 cm³/mol. The van der Waals surface area contributed by atoms with E-state index in [1.54, 1.807) is 25.1 Å². The first-order valence-electron chi connectivity index (χ1n) is 8.09. The van der Waals surface area contributed by atoms with Crippen LogP contribution in [0.2, 0.25) is 0 Å². The number of amides is 2. The van der Waals surface area contributed by atoms with Crippen LogP contribution in [-0.4, -0.2) is 34.9 Å². The number of carbonyl (C=O) groups is 2. The van der Waals surface area contributed by atoms with Gasteiger partial charge in [-0.2, -0.15) is 0 Å². The first-order valence-corrected chi connectivity index (χ1v) is 8.09. The monoisotopic (exact) mass is 352 g/mol. The molecular weight excluding hydrogens is 335 g/mol. The van der Waals surface area contributed by atoms with Gasteiger partial charge in [-0.15, -0.1) is 0 Å². The average molecular weight is 352 g/mol. The summed E-state index contributed by atoms with van der Waals surface area (Å²) in [5.41, 5.74) is 2.26. The number of rotatable bonds is 5. The molecule has 1 heterocycles. The van der Waals surface area contributed by atoms with Crippen LogP contribution >= 0.6 is 0 Å². The van der Waals surface area contributed by atoms with Gasteiger partial charge in [-0.3, -0.25) is 14.6 Å². The second-order valence-corrected chi connectivity index (χ2v) is 5.72. The first-order chi connectivity index (χ1) is 12.5. The van der Waals surface area contributed by atoms with Gasteiger partial charge in [-0.1, -0.05) is 18.2 Å². The van der Waals surface area contributed by atoms with E-state index < -0.39 is 11.7 Å². The standard InChI is InChI=1S/C19H17FN4O2/c1-12-6-7-13(10-14(12)20)18(25)21-8-9-22-19(26)17-11-23-15-4-2-3-5-16(15)24-17/h2-7,10-11H,8-9H2,1H3,(H,21,25)(H,22,26). The van der Waals surface area contributed by atoms with Crippen LogP contribution < -0.4 is 10.6 Å². The Morgan fingerprint density at radius 1 is 1.00 bits per heavy atom. The lowest BCUT2D eigenvalue weighted by Crippen LogP contribution is -2.35. The number of para-hydroxylation sites is 2. The smallest absolute Gasteiger partial charge is 0.271 e. The number of nitrogens with one attached hydrogen (secondary N) is 2. The van der Waals surface area contributed by atoms with Crippen molar-refractivity contribution in [2.45, 2.75) is 6.92 Å². The van der Waals surface area contributed by atoms with Crippen molar-refractivity contribution in [3.8, 4) is 0 Å². The second-order valence-electron chi connectivity index (χ2n) is 5.72. The van der Waals surface area contributed by atoms with Crippen LogP contribution in [0.3, 0.4) is 0 Å². The number of aromatic nitrogens is 2. The van der Waals surface area contributed by atoms with Crippen LogP contribution in [0.25, 0.3) is 11.0 Å². The van der Waals surface area contributed by atoms with Crippen molar-refractivity contribution >= 4 is 22.8 Å². The fourth-order valence-corrected chi connectivity index (χ4v) is 2.35. The quantitative estimate of drug-likeness (QED) is 0.690. The first kappa shape index (κ1) is 17.5. The second kappa shape index (κ2) is 7.69. The van der Waals surface area contributed by atoms with Crippen LogP contribution in [0.1, 0.15) is 26.4 Å². The molecule has 0 aliphatic carbocycles. The summed E-state index contributed by atoms with van der Waals surface area (Å²) in [4.78, 5) is 32.5. The molecule has 0 radical (unpaired) electrons. The third-order valence-electron chi connectivity index (χ3n) is 3.81. The topological polar surface area (TPSA) is 84.0 Å². The summed E-state index contributed by atoms with van der Waals surface area (Å²) in [6.07, 6.45) is 1.41. The fourth-order valence-electron chi connectivity index (χ4n) is 2.35. The Kier molecular flexibility index (Phi) is 5.17. The summed E-state index contributed by atoms with van der Waals surface area (Å²) in [5.74, 6) is -1.21. The molecule has 0 spiro atoms. The molecule has 3 rings (SSSR count). The van der Waals surface area contributed by atoms with E-state index in [4.69, 9.17) is 0 Å². The third kappa shape index (κ3) is 4.00. The molecule has 26 heavy (non-hydrogen) atoms. The lowest BCUT2D eigenvalue weighted by molar-refractivity contribution is 0.0925. The highest BCUT2D eigenvalue weighted by atomic mass is 19.1. The minimum absolute atomic E-state index is 0.204. The molecular formula is C19H17FN4O2. The Bertz CT molecular complexity index is 975. The molecule has 0 bridgehead atoms. The molecule has 0 unspecified atom stereocenters. The Balaban J connectivity index is 1.51. The van der Waals surface area contributed by atoms with Gasteiger partial charge in [0.25, 0.3) is 11.8 Å². The highest BCUT2D eigenvalue weighted by molar-refractivity contribution is 5.95. The van der Waals surface area contributed by atoms with Crippen LogP contribution in [-0.2, 0) is 0 Å². The summed E-state index contributed by atoms with van der Waals surface area (Å²) >= 11 is 0. The summed E-state index contributed by atoms with van der Waals surface area (Å²) < 4.78 is 13.5. The van der Waals surface area contributed by atoms with Crippen LogP contribution in [0.5, 0.6) is 0 Å². The van der Waals surface area contributed by atoms with E-state index in [1.165, 1.54) is 12.3 Å². The van der Waals surface area contributed by atoms with Crippen molar-refractivity contribution in [3.63, 3.8) is 0 Å². The molecule has 0 atom stereocenters. The van der Waals surface area contributed by atoms with Gasteiger partial charge in [-0.05, 0) is 36.8 Å². The lowest BCUT2D eigenvalue weighted by atomic mass is 10.1. The van der Waals surface area contributed by atoms with Crippen molar-refractivity contribution in [2.24, 2.45) is 0 Å². The highest BCUT2D eigenvalue weighted by Gasteiger charge is 2.10. The molecule has 0 saturated carbocycles. The Hall–Kier alpha value is -3.35. The normalized spacial score (nSPS) is 10.5. The van der Waals surface area contributed by atoms with Gasteiger partial charge in [0.1, 0.15) is 11.5 Å². The fraction of sp³-hybridized carbons (Fsp3) is 0.158. The number of hydrogen-bond acceptors (Lipinski definition) is 4. The van der Waals surface area contributed by atoms with Gasteiger partial charge in [0, 0.05) is 18.7 Å². The summed E-state index contributed by atoms with van der Waals surface area (Å²) in [7, 11) is 0. The minimum atomic E-state index is -0.430. The van der Waals surface area contributed by atoms with Gasteiger partial charge < -0.3 is 10.6 Å². The highest BCUT2D eigenvalue weighted by Crippen LogP contribution is 2.09. The zero-order chi connectivity index (χ0) is 18.5. The lowest BCUT2D eigenvalue weighted by Gasteiger charge is -2.08. The molecule has 1 aromatic heterocycles. The van der Waals surface area contributed by atoms with E-state index in [1.807, 2.05) is 18.2 Å². The maximum Gasteiger partial charge on any atom is 0.271 e. The van der Waals surface area contributed by atoms with E-state index in [2.05, 4.69) is 20.6 Å². The Morgan fingerprint density at radius 2 is 1.69 bits per heavy atom. The van der Waals surface area contributed by atoms with E-state index >= 15 is 0 Å². The summed E-state index contributed by atoms with van der Waals surface area (Å²) in [6, 6.07) is 11.5. The molecule has 2 N–H and O–H groups in total. The Labute approximate surface area is 149 Å². The number of hydrogen-bond donors (Lipinski definition) is 2. The molecule has 0 fully saturated rings. The zero-order valence-corrected chi connectivity index (χ0v) is 14.1. The molecule has 0 saturated heterocycles. The van der Waals surface area contributed by atoms with E-state index in [0.717, 1.165) is 0 Å². The number of nitrogens with zero attached hydrogens (tertiary/aromatic N) is 2. The van der Waals surface area contributed by atoms with Crippen molar-refractivity contribution in [1.29, 1.82) is 0 Å². The third-order valence-corrected chi connectivity index (χ3v) is 3.81. The SMILES string of the molecule is Cc1ccc(C(=O)NCCNC(=O)c2cnc3ccccc3n2)cc1F. The Morgan fingerprint density at radius 3 is 2.42 bits per heavy atom. The van der Waals surface area contributed by atoms with E-state index in [-0.39, 0.29) is 30.3 Å². The van der Waals surface area contributed by atoms with Gasteiger partial charge in [-0.25, -0.2) is 9.37 Å². The van der Waals surface area contributed by atoms with Gasteiger partial charge >= 0.3 is 0 Å². The summed E-state index contributed by atoms with van der Waals surface area (Å²) in [6.45, 7) is 2.05. The minimum Gasteiger partial charge on any atom is -0.350 e. The van der Waals surface area contributed by atoms with Crippen molar-refractivity contribution in [1.82, 2.24) is 20.6 Å². The van der Waals surface area contributed by atoms with Crippen LogP contribution in [0.15, 0.2) is 48.7 Å². The molecule has 132 valence electrons. The molecule has 7 heteroatoms. The van der Waals surface area contributed by atoms with Gasteiger partial charge in [0.15, 0.2) is 0 Å². The van der Waals surface area contributed by atoms with E-state index in [0.29, 0.717) is 16.6 Å². The number of halogens is 1. The number of aryl methyl sites for hydroxylation is 1. The molecule has 2 amide bonds. The maximum absolute atomic E-state index is 13.5. The number of carbonyl (C=O) groups excluding carboxylic acids is 2. The van der Waals surface area contributed by atoms with Crippen molar-refractivity contribution < 1.29 is 14.0 Å². The van der Waals surface area contributed by atoms with E-state index in [9.17, 15) is 14.0 Å². The molecule has 2 aromatic carbocycles. The van der Waals surface area contributed by atoms with Crippen LogP contribution in [0.4, 0.5) is 4.39 Å². The largest absolute Gasteiger partial charge is 0.350 e. The van der Waals surface area contributed by atoms with Gasteiger partial charge in [0.05, 0.1) is 17.2 Å². The van der Waals surface area contributed by atoms with Crippen molar-refractivity contribution in [3.05, 3.63) is 71.3 Å². The molecule has 3 aromatic rings. The average Bonchev–Trinajstić information content (AvgIpc) is 2.66. The zero-order valence-electron chi connectivity index (χ0n) is 14.1. The molecule has 6 nitrogen and oxygen atoms in total. The van der Waals surface area contributed by atoms with Crippen LogP contribution in [0, 0.1) is 12.7 Å².